The Balaban J connectivity index is 1.56. The van der Waals surface area contributed by atoms with Crippen LogP contribution in [0, 0.1) is 5.92 Å². The fourth-order valence-corrected chi connectivity index (χ4v) is 1.35. The first-order chi connectivity index (χ1) is 5.84. The molecule has 2 aliphatic carbocycles. The second-order valence-corrected chi connectivity index (χ2v) is 3.93. The molecule has 2 aliphatic rings. The molecular formula is C9H16N2O. The zero-order chi connectivity index (χ0) is 8.39. The fraction of sp³-hybridized carbons (Fsp3) is 0.889. The summed E-state index contributed by atoms with van der Waals surface area (Å²) in [7, 11) is 0. The Morgan fingerprint density at radius 3 is 2.50 bits per heavy atom. The molecule has 0 aliphatic heterocycles. The highest BCUT2D eigenvalue weighted by molar-refractivity contribution is 5.74. The minimum atomic E-state index is 0.0339. The standard InChI is InChI=1S/C9H16N2O/c12-9(10-6-7-4-5-7)11-8-2-1-3-8/h7-8H,1-6H2,(H2,10,11,12). The summed E-state index contributed by atoms with van der Waals surface area (Å²) in [5.41, 5.74) is 0. The molecule has 3 nitrogen and oxygen atoms in total. The van der Waals surface area contributed by atoms with E-state index in [1.165, 1.54) is 19.3 Å². The summed E-state index contributed by atoms with van der Waals surface area (Å²) in [6, 6.07) is 0.496. The van der Waals surface area contributed by atoms with Gasteiger partial charge in [0.05, 0.1) is 0 Å². The molecule has 68 valence electrons. The minimum absolute atomic E-state index is 0.0339. The van der Waals surface area contributed by atoms with Crippen LogP contribution >= 0.6 is 0 Å². The number of amides is 2. The van der Waals surface area contributed by atoms with E-state index in [4.69, 9.17) is 0 Å². The maximum absolute atomic E-state index is 11.2. The first-order valence-electron chi connectivity index (χ1n) is 4.89. The van der Waals surface area contributed by atoms with Crippen LogP contribution in [0.1, 0.15) is 32.1 Å². The van der Waals surface area contributed by atoms with E-state index < -0.39 is 0 Å². The normalized spacial score (nSPS) is 23.0. The van der Waals surface area contributed by atoms with Gasteiger partial charge in [-0.2, -0.15) is 0 Å². The van der Waals surface area contributed by atoms with Crippen LogP contribution in [-0.4, -0.2) is 18.6 Å². The highest BCUT2D eigenvalue weighted by Crippen LogP contribution is 2.27. The van der Waals surface area contributed by atoms with Crippen molar-refractivity contribution in [2.75, 3.05) is 6.54 Å². The fourth-order valence-electron chi connectivity index (χ4n) is 1.35. The molecule has 2 rings (SSSR count). The average molecular weight is 168 g/mol. The van der Waals surface area contributed by atoms with E-state index in [9.17, 15) is 4.79 Å². The van der Waals surface area contributed by atoms with Gasteiger partial charge in [-0.25, -0.2) is 4.79 Å². The van der Waals surface area contributed by atoms with Gasteiger partial charge in [0.2, 0.25) is 0 Å². The van der Waals surface area contributed by atoms with Crippen LogP contribution in [0.4, 0.5) is 4.79 Å². The monoisotopic (exact) mass is 168 g/mol. The van der Waals surface area contributed by atoms with Crippen molar-refractivity contribution >= 4 is 6.03 Å². The van der Waals surface area contributed by atoms with Crippen LogP contribution < -0.4 is 10.6 Å². The van der Waals surface area contributed by atoms with E-state index in [2.05, 4.69) is 10.6 Å². The van der Waals surface area contributed by atoms with Crippen LogP contribution in [0.25, 0.3) is 0 Å². The summed E-state index contributed by atoms with van der Waals surface area (Å²) in [6.45, 7) is 0.874. The maximum Gasteiger partial charge on any atom is 0.315 e. The van der Waals surface area contributed by atoms with E-state index in [1.54, 1.807) is 0 Å². The van der Waals surface area contributed by atoms with Gasteiger partial charge >= 0.3 is 6.03 Å². The molecule has 3 heteroatoms. The lowest BCUT2D eigenvalue weighted by Crippen LogP contribution is -2.45. The lowest BCUT2D eigenvalue weighted by atomic mass is 9.93. The summed E-state index contributed by atoms with van der Waals surface area (Å²) in [5, 5.41) is 5.84. The number of urea groups is 1. The van der Waals surface area contributed by atoms with Gasteiger partial charge in [0.15, 0.2) is 0 Å². The van der Waals surface area contributed by atoms with Crippen LogP contribution in [0.5, 0.6) is 0 Å². The second-order valence-electron chi connectivity index (χ2n) is 3.93. The molecule has 0 aromatic heterocycles. The molecule has 0 saturated heterocycles. The third-order valence-corrected chi connectivity index (χ3v) is 2.69. The molecule has 0 bridgehead atoms. The molecule has 0 atom stereocenters. The van der Waals surface area contributed by atoms with E-state index in [-0.39, 0.29) is 6.03 Å². The largest absolute Gasteiger partial charge is 0.338 e. The van der Waals surface area contributed by atoms with Crippen molar-refractivity contribution in [3.63, 3.8) is 0 Å². The molecule has 0 spiro atoms. The number of nitrogens with one attached hydrogen (secondary N) is 2. The highest BCUT2D eigenvalue weighted by atomic mass is 16.2. The lowest BCUT2D eigenvalue weighted by Gasteiger charge is -2.26. The van der Waals surface area contributed by atoms with Crippen LogP contribution in [0.2, 0.25) is 0 Å². The van der Waals surface area contributed by atoms with Gasteiger partial charge < -0.3 is 10.6 Å². The lowest BCUT2D eigenvalue weighted by molar-refractivity contribution is 0.228. The van der Waals surface area contributed by atoms with Crippen molar-refractivity contribution in [1.29, 1.82) is 0 Å². The average Bonchev–Trinajstić information content (AvgIpc) is 2.76. The Kier molecular flexibility index (Phi) is 2.19. The Bertz CT molecular complexity index is 173. The topological polar surface area (TPSA) is 41.1 Å². The molecule has 2 N–H and O–H groups in total. The molecule has 0 heterocycles. The van der Waals surface area contributed by atoms with Crippen molar-refractivity contribution < 1.29 is 4.79 Å². The second kappa shape index (κ2) is 3.33. The molecule has 2 saturated carbocycles. The van der Waals surface area contributed by atoms with Crippen LogP contribution in [0.15, 0.2) is 0 Å². The van der Waals surface area contributed by atoms with E-state index in [1.807, 2.05) is 0 Å². The number of hydrogen-bond acceptors (Lipinski definition) is 1. The highest BCUT2D eigenvalue weighted by Gasteiger charge is 2.23. The number of hydrogen-bond donors (Lipinski definition) is 2. The minimum Gasteiger partial charge on any atom is -0.338 e. The van der Waals surface area contributed by atoms with Gasteiger partial charge in [-0.1, -0.05) is 0 Å². The first-order valence-corrected chi connectivity index (χ1v) is 4.89. The van der Waals surface area contributed by atoms with Gasteiger partial charge in [-0.15, -0.1) is 0 Å². The van der Waals surface area contributed by atoms with Gasteiger partial charge in [0.25, 0.3) is 0 Å². The first kappa shape index (κ1) is 7.90. The smallest absolute Gasteiger partial charge is 0.315 e. The number of carbonyl (C=O) groups is 1. The zero-order valence-corrected chi connectivity index (χ0v) is 7.31. The summed E-state index contributed by atoms with van der Waals surface area (Å²) in [6.07, 6.45) is 6.19. The Morgan fingerprint density at radius 1 is 1.25 bits per heavy atom. The number of rotatable bonds is 3. The third kappa shape index (κ3) is 2.13. The molecule has 0 unspecified atom stereocenters. The molecule has 0 aromatic carbocycles. The quantitative estimate of drug-likeness (QED) is 0.654. The molecule has 0 radical (unpaired) electrons. The molecule has 12 heavy (non-hydrogen) atoms. The molecular weight excluding hydrogens is 152 g/mol. The van der Waals surface area contributed by atoms with Gasteiger partial charge in [-0.3, -0.25) is 0 Å². The Hall–Kier alpha value is -0.730. The van der Waals surface area contributed by atoms with Crippen molar-refractivity contribution in [3.05, 3.63) is 0 Å². The van der Waals surface area contributed by atoms with Crippen molar-refractivity contribution in [2.24, 2.45) is 5.92 Å². The van der Waals surface area contributed by atoms with Gasteiger partial charge in [-0.05, 0) is 38.0 Å². The Morgan fingerprint density at radius 2 is 2.00 bits per heavy atom. The summed E-state index contributed by atoms with van der Waals surface area (Å²) in [5.74, 6) is 0.775. The summed E-state index contributed by atoms with van der Waals surface area (Å²) in [4.78, 5) is 11.2. The van der Waals surface area contributed by atoms with E-state index in [0.717, 1.165) is 25.3 Å². The van der Waals surface area contributed by atoms with E-state index in [0.29, 0.717) is 6.04 Å². The van der Waals surface area contributed by atoms with Gasteiger partial charge in [0.1, 0.15) is 0 Å². The molecule has 0 aromatic rings. The summed E-state index contributed by atoms with van der Waals surface area (Å²) < 4.78 is 0. The van der Waals surface area contributed by atoms with Crippen LogP contribution in [0.3, 0.4) is 0 Å². The molecule has 2 amide bonds. The van der Waals surface area contributed by atoms with Crippen LogP contribution in [-0.2, 0) is 0 Å². The third-order valence-electron chi connectivity index (χ3n) is 2.69. The Labute approximate surface area is 72.9 Å². The number of carbonyl (C=O) groups excluding carboxylic acids is 1. The zero-order valence-electron chi connectivity index (χ0n) is 7.31. The summed E-state index contributed by atoms with van der Waals surface area (Å²) >= 11 is 0. The van der Waals surface area contributed by atoms with Crippen molar-refractivity contribution in [2.45, 2.75) is 38.1 Å². The maximum atomic E-state index is 11.2. The predicted molar refractivity (Wildman–Crippen MR) is 46.9 cm³/mol. The van der Waals surface area contributed by atoms with E-state index >= 15 is 0 Å². The van der Waals surface area contributed by atoms with Gasteiger partial charge in [0, 0.05) is 12.6 Å². The predicted octanol–water partition coefficient (Wildman–Crippen LogP) is 1.25. The van der Waals surface area contributed by atoms with Crippen molar-refractivity contribution in [3.8, 4) is 0 Å². The van der Waals surface area contributed by atoms with Crippen molar-refractivity contribution in [1.82, 2.24) is 10.6 Å². The SMILES string of the molecule is O=C(NCC1CC1)NC1CCC1. The molecule has 2 fully saturated rings.